The molecule has 0 aromatic heterocycles. The van der Waals surface area contributed by atoms with E-state index in [1.165, 1.54) is 71.2 Å². The van der Waals surface area contributed by atoms with Gasteiger partial charge in [0.1, 0.15) is 0 Å². The van der Waals surface area contributed by atoms with Crippen molar-refractivity contribution in [1.29, 1.82) is 0 Å². The molecule has 1 aliphatic heterocycles. The summed E-state index contributed by atoms with van der Waals surface area (Å²) >= 11 is -0.254. The third kappa shape index (κ3) is 9.00. The molecule has 2 nitrogen and oxygen atoms in total. The van der Waals surface area contributed by atoms with Crippen LogP contribution in [0.1, 0.15) is 102 Å². The molecule has 2 aromatic rings. The number of phenolic OH excluding ortho intramolecular Hbond substituents is 2. The first-order valence-electron chi connectivity index (χ1n) is 19.1. The van der Waals surface area contributed by atoms with E-state index in [0.29, 0.717) is 27.4 Å². The molecule has 1 saturated carbocycles. The normalized spacial score (nSPS) is 22.9. The van der Waals surface area contributed by atoms with Gasteiger partial charge in [-0.1, -0.05) is 0 Å². The van der Waals surface area contributed by atoms with Crippen LogP contribution < -0.4 is 10.4 Å². The fourth-order valence-corrected chi connectivity index (χ4v) is 38.1. The Hall–Kier alpha value is 0.322. The van der Waals surface area contributed by atoms with E-state index in [0.717, 1.165) is 22.0 Å². The predicted molar refractivity (Wildman–Crippen MR) is 232 cm³/mol. The van der Waals surface area contributed by atoms with E-state index in [-0.39, 0.29) is 26.3 Å². The van der Waals surface area contributed by atoms with E-state index in [4.69, 9.17) is 0 Å². The number of fused-ring (bicyclic) bond motifs is 1. The Morgan fingerprint density at radius 1 is 0.571 bits per heavy atom. The van der Waals surface area contributed by atoms with Crippen LogP contribution in [0.2, 0.25) is 65.5 Å². The molecule has 2 aliphatic rings. The number of benzene rings is 2. The Morgan fingerprint density at radius 3 is 1.18 bits per heavy atom. The summed E-state index contributed by atoms with van der Waals surface area (Å²) in [6.07, 6.45) is 8.25. The number of aromatic hydroxyl groups is 2. The van der Waals surface area contributed by atoms with Crippen LogP contribution in [-0.2, 0) is 37.8 Å². The molecule has 1 aliphatic carbocycles. The van der Waals surface area contributed by atoms with Crippen molar-refractivity contribution < 1.29 is 25.7 Å². The van der Waals surface area contributed by atoms with Crippen molar-refractivity contribution in [3.8, 4) is 11.5 Å². The summed E-state index contributed by atoms with van der Waals surface area (Å²) < 4.78 is 0. The van der Waals surface area contributed by atoms with Crippen LogP contribution in [0.25, 0.3) is 0 Å². The van der Waals surface area contributed by atoms with Crippen LogP contribution in [0.15, 0.2) is 24.3 Å². The second-order valence-electron chi connectivity index (χ2n) is 20.6. The van der Waals surface area contributed by atoms with Gasteiger partial charge in [0.15, 0.2) is 0 Å². The van der Waals surface area contributed by atoms with E-state index >= 15 is 0 Å². The van der Waals surface area contributed by atoms with Crippen molar-refractivity contribution >= 4 is 56.7 Å². The second kappa shape index (κ2) is 14.9. The Bertz CT molecular complexity index is 1510. The third-order valence-electron chi connectivity index (χ3n) is 12.9. The number of phenols is 2. The first-order chi connectivity index (χ1) is 22.2. The summed E-state index contributed by atoms with van der Waals surface area (Å²) in [5.41, 5.74) is 5.48. The first kappa shape index (κ1) is 42.1. The van der Waals surface area contributed by atoms with E-state index in [1.807, 2.05) is 0 Å². The molecule has 9 heteroatoms. The molecule has 3 unspecified atom stereocenters. The van der Waals surface area contributed by atoms with Gasteiger partial charge in [0, 0.05) is 0 Å². The van der Waals surface area contributed by atoms with Gasteiger partial charge in [-0.25, -0.2) is 0 Å². The van der Waals surface area contributed by atoms with Crippen LogP contribution in [0.3, 0.4) is 0 Å². The zero-order valence-corrected chi connectivity index (χ0v) is 41.5. The van der Waals surface area contributed by atoms with Crippen LogP contribution in [0.4, 0.5) is 0 Å². The zero-order chi connectivity index (χ0) is 37.1. The second-order valence-corrected chi connectivity index (χ2v) is 65.1. The molecule has 0 spiro atoms. The standard InChI is InChI=1S/C40H72O2S2Si4.Ti/c1-39(2,3)31-23-29(37(41)35(25-31)47(13,14)45(7,8)9)27-43-33-21-19-17-18-20-22-34(33)44-28-30-24-32(40(4,5)6)26-36(38(30)42)48(15,16)46(10,11)12;/h23-26,33-34,41-42H,17-22,27-28H2,1-16H3;/t33-,34?;/m0./s1. The summed E-state index contributed by atoms with van der Waals surface area (Å²) in [6.45, 7) is 39.3. The van der Waals surface area contributed by atoms with E-state index in [9.17, 15) is 10.2 Å². The molecule has 0 radical (unpaired) electrons. The molecule has 1 heterocycles. The van der Waals surface area contributed by atoms with E-state index in [2.05, 4.69) is 131 Å². The Labute approximate surface area is 316 Å². The number of hydrogen-bond donors (Lipinski definition) is 2. The maximum atomic E-state index is 12.2. The van der Waals surface area contributed by atoms with Gasteiger partial charge in [-0.2, -0.15) is 0 Å². The fraction of sp³-hybridized carbons (Fsp3) is 0.700. The molecule has 2 aromatic carbocycles. The molecular formula is C40H72O2S2Si4Ti. The third-order valence-corrected chi connectivity index (χ3v) is 63.9. The molecule has 4 rings (SSSR count). The zero-order valence-electron chi connectivity index (χ0n) is 34.3. The van der Waals surface area contributed by atoms with Gasteiger partial charge in [0.05, 0.1) is 0 Å². The summed E-state index contributed by atoms with van der Waals surface area (Å²) in [4.78, 5) is 0. The van der Waals surface area contributed by atoms with E-state index in [1.54, 1.807) is 0 Å². The van der Waals surface area contributed by atoms with Crippen molar-refractivity contribution in [3.63, 3.8) is 0 Å². The molecule has 4 atom stereocenters. The minimum absolute atomic E-state index is 0.0591. The van der Waals surface area contributed by atoms with Gasteiger partial charge in [-0.15, -0.1) is 0 Å². The van der Waals surface area contributed by atoms with Gasteiger partial charge in [0.25, 0.3) is 0 Å². The Morgan fingerprint density at radius 2 is 0.898 bits per heavy atom. The van der Waals surface area contributed by atoms with Crippen LogP contribution in [-0.4, -0.2) is 51.1 Å². The van der Waals surface area contributed by atoms with Crippen LogP contribution in [0, 0.1) is 0 Å². The number of rotatable bonds is 8. The molecule has 0 amide bonds. The van der Waals surface area contributed by atoms with Gasteiger partial charge in [-0.05, 0) is 0 Å². The van der Waals surface area contributed by atoms with Gasteiger partial charge >= 0.3 is 319 Å². The average molecular weight is 809 g/mol. The van der Waals surface area contributed by atoms with Gasteiger partial charge in [0.2, 0.25) is 0 Å². The SMILES string of the molecule is CC(C)(C)c1cc(C[S]2=[Ti]=[S](Cc3cc(C(C)(C)C)cc([Si](C)(C)[Si](C)(C)C)c3O)[C@H]3CCCCCCC32)c(O)c([Si](C)(C)[Si](C)(C)C)c1. The number of hydrogen-bond acceptors (Lipinski definition) is 2. The summed E-state index contributed by atoms with van der Waals surface area (Å²) in [7, 11) is -5.89. The first-order valence-corrected chi connectivity index (χ1v) is 40.8. The summed E-state index contributed by atoms with van der Waals surface area (Å²) in [5.74, 6) is 3.50. The van der Waals surface area contributed by atoms with Crippen molar-refractivity contribution in [2.75, 3.05) is 0 Å². The quantitative estimate of drug-likeness (QED) is 0.261. The molecule has 276 valence electrons. The molecule has 1 fully saturated rings. The molecule has 2 N–H and O–H groups in total. The van der Waals surface area contributed by atoms with E-state index < -0.39 is 30.4 Å². The van der Waals surface area contributed by atoms with Gasteiger partial charge < -0.3 is 0 Å². The molecule has 0 bridgehead atoms. The monoisotopic (exact) mass is 808 g/mol. The minimum atomic E-state index is -1.82. The molecular weight excluding hydrogens is 737 g/mol. The van der Waals surface area contributed by atoms with Crippen molar-refractivity contribution in [3.05, 3.63) is 46.5 Å². The summed E-state index contributed by atoms with van der Waals surface area (Å²) in [6, 6.07) is 9.70. The fourth-order valence-electron chi connectivity index (χ4n) is 7.17. The van der Waals surface area contributed by atoms with Crippen molar-refractivity contribution in [2.24, 2.45) is 0 Å². The van der Waals surface area contributed by atoms with Crippen LogP contribution in [0.5, 0.6) is 11.5 Å². The summed E-state index contributed by atoms with van der Waals surface area (Å²) in [5, 5.41) is 28.7. The topological polar surface area (TPSA) is 40.5 Å². The van der Waals surface area contributed by atoms with Gasteiger partial charge in [-0.3, -0.25) is 0 Å². The Balaban J connectivity index is 1.91. The molecule has 49 heavy (non-hydrogen) atoms. The average Bonchev–Trinajstić information content (AvgIpc) is 3.21. The molecule has 0 saturated heterocycles. The Kier molecular flexibility index (Phi) is 12.8. The van der Waals surface area contributed by atoms with Crippen molar-refractivity contribution in [2.45, 2.75) is 178 Å². The van der Waals surface area contributed by atoms with Crippen molar-refractivity contribution in [1.82, 2.24) is 0 Å². The van der Waals surface area contributed by atoms with Crippen LogP contribution >= 0.6 is 15.9 Å². The maximum absolute atomic E-state index is 12.2. The predicted octanol–water partition coefficient (Wildman–Crippen LogP) is 11.6.